The average molecular weight is 638 g/mol. The number of alkyl halides is 3. The van der Waals surface area contributed by atoms with Gasteiger partial charge in [-0.2, -0.15) is 23.5 Å². The summed E-state index contributed by atoms with van der Waals surface area (Å²) in [7, 11) is 0. The van der Waals surface area contributed by atoms with Gasteiger partial charge in [0.05, 0.1) is 35.6 Å². The molecular weight excluding hydrogens is 619 g/mol. The molecule has 196 valence electrons. The van der Waals surface area contributed by atoms with Gasteiger partial charge in [0, 0.05) is 40.0 Å². The third-order valence-electron chi connectivity index (χ3n) is 6.53. The number of nitrogens with zero attached hydrogens (tertiary/aromatic N) is 6. The van der Waals surface area contributed by atoms with Crippen LogP contribution in [0.15, 0.2) is 43.1 Å². The highest BCUT2D eigenvalue weighted by molar-refractivity contribution is 14.1. The molecule has 2 N–H and O–H groups in total. The summed E-state index contributed by atoms with van der Waals surface area (Å²) < 4.78 is 55.5. The van der Waals surface area contributed by atoms with E-state index in [9.17, 15) is 23.2 Å². The van der Waals surface area contributed by atoms with Crippen molar-refractivity contribution in [3.63, 3.8) is 0 Å². The number of aromatic amines is 1. The van der Waals surface area contributed by atoms with E-state index in [0.29, 0.717) is 14.9 Å². The maximum absolute atomic E-state index is 15.1. The van der Waals surface area contributed by atoms with Crippen LogP contribution in [0, 0.1) is 20.7 Å². The van der Waals surface area contributed by atoms with E-state index in [-0.39, 0.29) is 30.8 Å². The third kappa shape index (κ3) is 4.55. The number of amides is 1. The first-order chi connectivity index (χ1) is 18.0. The van der Waals surface area contributed by atoms with E-state index in [4.69, 9.17) is 0 Å². The number of carbonyl (C=O) groups is 1. The number of aromatic nitrogens is 5. The lowest BCUT2D eigenvalue weighted by Crippen LogP contribution is -2.63. The quantitative estimate of drug-likeness (QED) is 0.240. The molecule has 0 radical (unpaired) electrons. The van der Waals surface area contributed by atoms with Gasteiger partial charge in [-0.05, 0) is 47.7 Å². The molecule has 1 aromatic carbocycles. The molecule has 4 heterocycles. The molecule has 0 spiro atoms. The summed E-state index contributed by atoms with van der Waals surface area (Å²) in [4.78, 5) is 25.6. The molecule has 0 bridgehead atoms. The minimum absolute atomic E-state index is 0.114. The Labute approximate surface area is 227 Å². The molecule has 0 aliphatic carbocycles. The molecule has 1 atom stereocenters. The summed E-state index contributed by atoms with van der Waals surface area (Å²) in [6, 6.07) is 4.30. The molecule has 1 saturated heterocycles. The molecular formula is C24H19F4IN8O. The summed E-state index contributed by atoms with van der Waals surface area (Å²) in [5, 5.41) is 16.7. The topological polar surface area (TPSA) is 116 Å². The van der Waals surface area contributed by atoms with Gasteiger partial charge in [-0.15, -0.1) is 0 Å². The second-order valence-corrected chi connectivity index (χ2v) is 10.2. The van der Waals surface area contributed by atoms with E-state index in [1.165, 1.54) is 12.4 Å². The van der Waals surface area contributed by atoms with E-state index < -0.39 is 29.5 Å². The first kappa shape index (κ1) is 25.9. The summed E-state index contributed by atoms with van der Waals surface area (Å²) in [6.45, 7) is 1.33. The van der Waals surface area contributed by atoms with Crippen LogP contribution in [-0.4, -0.2) is 55.9 Å². The maximum Gasteiger partial charge on any atom is 0.408 e. The lowest BCUT2D eigenvalue weighted by atomic mass is 9.86. The molecule has 14 heteroatoms. The Morgan fingerprint density at radius 3 is 2.82 bits per heavy atom. The Morgan fingerprint density at radius 2 is 2.11 bits per heavy atom. The van der Waals surface area contributed by atoms with Gasteiger partial charge < -0.3 is 15.2 Å². The first-order valence-electron chi connectivity index (χ1n) is 11.3. The minimum Gasteiger partial charge on any atom is -0.364 e. The van der Waals surface area contributed by atoms with E-state index in [0.717, 1.165) is 23.9 Å². The number of halogens is 5. The highest BCUT2D eigenvalue weighted by atomic mass is 127. The molecule has 0 unspecified atom stereocenters. The number of carbonyl (C=O) groups excluding carboxylic acids is 1. The van der Waals surface area contributed by atoms with Crippen molar-refractivity contribution in [2.75, 3.05) is 18.0 Å². The van der Waals surface area contributed by atoms with E-state index in [1.807, 2.05) is 11.4 Å². The molecule has 3 aromatic heterocycles. The number of fused-ring (bicyclic) bond motifs is 1. The average Bonchev–Trinajstić information content (AvgIpc) is 3.52. The van der Waals surface area contributed by atoms with Crippen LogP contribution in [0.3, 0.4) is 0 Å². The monoisotopic (exact) mass is 638 g/mol. The Balaban J connectivity index is 1.37. The van der Waals surface area contributed by atoms with E-state index in [2.05, 4.69) is 26.1 Å². The second-order valence-electron chi connectivity index (χ2n) is 9.07. The number of rotatable bonds is 6. The summed E-state index contributed by atoms with van der Waals surface area (Å²) in [5.41, 5.74) is 1.36. The summed E-state index contributed by atoms with van der Waals surface area (Å²) in [5.74, 6) is -1.77. The van der Waals surface area contributed by atoms with E-state index >= 15 is 4.39 Å². The lowest BCUT2D eigenvalue weighted by Gasteiger charge is -2.50. The van der Waals surface area contributed by atoms with Gasteiger partial charge in [-0.25, -0.2) is 14.4 Å². The van der Waals surface area contributed by atoms with Gasteiger partial charge in [-0.1, -0.05) is 0 Å². The molecule has 5 rings (SSSR count). The van der Waals surface area contributed by atoms with Crippen LogP contribution in [0.2, 0.25) is 0 Å². The van der Waals surface area contributed by atoms with Crippen LogP contribution >= 0.6 is 22.6 Å². The van der Waals surface area contributed by atoms with Crippen molar-refractivity contribution in [3.8, 4) is 17.3 Å². The Kier molecular flexibility index (Phi) is 6.49. The van der Waals surface area contributed by atoms with Gasteiger partial charge >= 0.3 is 6.18 Å². The van der Waals surface area contributed by atoms with Crippen molar-refractivity contribution in [1.29, 1.82) is 5.26 Å². The van der Waals surface area contributed by atoms with Crippen molar-refractivity contribution < 1.29 is 22.4 Å². The second kappa shape index (κ2) is 9.53. The van der Waals surface area contributed by atoms with Crippen LogP contribution in [0.4, 0.5) is 23.2 Å². The molecule has 38 heavy (non-hydrogen) atoms. The smallest absolute Gasteiger partial charge is 0.364 e. The fourth-order valence-electron chi connectivity index (χ4n) is 4.44. The van der Waals surface area contributed by atoms with Gasteiger partial charge in [0.2, 0.25) is 0 Å². The van der Waals surface area contributed by atoms with Crippen LogP contribution < -0.4 is 10.2 Å². The van der Waals surface area contributed by atoms with Crippen molar-refractivity contribution in [2.45, 2.75) is 31.1 Å². The van der Waals surface area contributed by atoms with E-state index in [1.54, 1.807) is 50.8 Å². The molecule has 4 aromatic rings. The third-order valence-corrected chi connectivity index (χ3v) is 7.43. The highest BCUT2D eigenvalue weighted by Gasteiger charge is 2.46. The summed E-state index contributed by atoms with van der Waals surface area (Å²) in [6.07, 6.45) is 2.14. The number of hydrogen-bond acceptors (Lipinski definition) is 6. The van der Waals surface area contributed by atoms with Crippen molar-refractivity contribution >= 4 is 45.2 Å². The summed E-state index contributed by atoms with van der Waals surface area (Å²) >= 11 is 1.79. The maximum atomic E-state index is 15.1. The molecule has 1 fully saturated rings. The van der Waals surface area contributed by atoms with Gasteiger partial charge in [0.25, 0.3) is 5.91 Å². The first-order valence-corrected chi connectivity index (χ1v) is 12.4. The number of hydrogen-bond donors (Lipinski definition) is 2. The zero-order valence-corrected chi connectivity index (χ0v) is 21.9. The number of H-pyrrole nitrogens is 1. The zero-order valence-electron chi connectivity index (χ0n) is 19.7. The SMILES string of the molecule is C[C@H](NC(=O)c1cc(F)c(N2CC(CC#N)(n3cc(-c4ncnc5[nH]ccc45)cn3)C2)cc1I)C(F)(F)F. The van der Waals surface area contributed by atoms with Crippen LogP contribution in [0.1, 0.15) is 23.7 Å². The molecule has 1 aliphatic rings. The molecule has 1 aliphatic heterocycles. The molecule has 1 amide bonds. The van der Waals surface area contributed by atoms with Gasteiger partial charge in [0.15, 0.2) is 0 Å². The van der Waals surface area contributed by atoms with Crippen molar-refractivity contribution in [1.82, 2.24) is 30.0 Å². The number of anilines is 1. The standard InChI is InChI=1S/C24H19F4IN8O/c1-13(24(26,27)28)35-22(38)16-6-17(25)19(7-18(16)29)36-10-23(11-36,3-4-30)37-9-14(8-34-37)20-15-2-5-31-21(15)33-12-32-20/h2,5-9,12-13H,3,10-11H2,1H3,(H,35,38)(H,31,32,33)/t13-/m0/s1. The van der Waals surface area contributed by atoms with Crippen molar-refractivity contribution in [3.05, 3.63) is 58.1 Å². The normalized spacial score (nSPS) is 15.7. The fourth-order valence-corrected chi connectivity index (χ4v) is 5.13. The number of nitrogens with one attached hydrogen (secondary N) is 2. The van der Waals surface area contributed by atoms with Crippen LogP contribution in [0.5, 0.6) is 0 Å². The highest BCUT2D eigenvalue weighted by Crippen LogP contribution is 2.39. The van der Waals surface area contributed by atoms with Gasteiger partial charge in [-0.3, -0.25) is 9.48 Å². The minimum atomic E-state index is -4.62. The molecule has 0 saturated carbocycles. The van der Waals surface area contributed by atoms with Crippen molar-refractivity contribution in [2.24, 2.45) is 0 Å². The number of benzene rings is 1. The van der Waals surface area contributed by atoms with Crippen LogP contribution in [-0.2, 0) is 5.54 Å². The Morgan fingerprint density at radius 1 is 1.34 bits per heavy atom. The zero-order chi connectivity index (χ0) is 27.2. The predicted octanol–water partition coefficient (Wildman–Crippen LogP) is 4.37. The predicted molar refractivity (Wildman–Crippen MR) is 138 cm³/mol. The Bertz CT molecular complexity index is 1570. The molecule has 9 nitrogen and oxygen atoms in total. The number of nitriles is 1. The fraction of sp³-hybridized carbons (Fsp3) is 0.292. The lowest BCUT2D eigenvalue weighted by molar-refractivity contribution is -0.149. The largest absolute Gasteiger partial charge is 0.408 e. The Hall–Kier alpha value is -3.74. The van der Waals surface area contributed by atoms with Gasteiger partial charge in [0.1, 0.15) is 29.4 Å². The van der Waals surface area contributed by atoms with Crippen LogP contribution in [0.25, 0.3) is 22.3 Å².